The first-order valence-corrected chi connectivity index (χ1v) is 9.85. The van der Waals surface area contributed by atoms with Gasteiger partial charge in [0.05, 0.1) is 25.0 Å². The quantitative estimate of drug-likeness (QED) is 0.684. The minimum Gasteiger partial charge on any atom is -0.497 e. The number of fused-ring (bicyclic) bond motifs is 1. The summed E-state index contributed by atoms with van der Waals surface area (Å²) in [6.45, 7) is 5.36. The van der Waals surface area contributed by atoms with E-state index in [0.717, 1.165) is 36.4 Å². The smallest absolute Gasteiger partial charge is 0.300 e. The number of Topliss-reactive ketones (excluding diaryl/α,β-unsaturated/α-hetero) is 1. The van der Waals surface area contributed by atoms with E-state index in [9.17, 15) is 9.59 Å². The molecule has 146 valence electrons. The monoisotopic (exact) mass is 378 g/mol. The van der Waals surface area contributed by atoms with Crippen molar-refractivity contribution in [2.45, 2.75) is 45.2 Å². The molecule has 0 unspecified atom stereocenters. The molecule has 1 amide bonds. The average molecular weight is 378 g/mol. The van der Waals surface area contributed by atoms with Gasteiger partial charge in [0.1, 0.15) is 5.75 Å². The molecule has 0 spiro atoms. The summed E-state index contributed by atoms with van der Waals surface area (Å²) in [5, 5.41) is 0. The standard InChI is InChI=1S/C23H26N2O3/c1-15(2)17-6-11-21-20(12-17)22(26)23(27)25(21)14-24(18-7-8-18)13-16-4-9-19(28-3)10-5-16/h4-6,9-12,15,18H,7-8,13-14H2,1-3H3. The largest absolute Gasteiger partial charge is 0.497 e. The number of anilines is 1. The maximum absolute atomic E-state index is 12.7. The van der Waals surface area contributed by atoms with Gasteiger partial charge in [-0.1, -0.05) is 32.0 Å². The fourth-order valence-corrected chi connectivity index (χ4v) is 3.70. The van der Waals surface area contributed by atoms with Crippen LogP contribution in [0.4, 0.5) is 5.69 Å². The van der Waals surface area contributed by atoms with Gasteiger partial charge in [0.15, 0.2) is 0 Å². The second-order valence-corrected chi connectivity index (χ2v) is 7.96. The van der Waals surface area contributed by atoms with Gasteiger partial charge in [-0.15, -0.1) is 0 Å². The van der Waals surface area contributed by atoms with Crippen molar-refractivity contribution >= 4 is 17.4 Å². The Labute approximate surface area is 165 Å². The summed E-state index contributed by atoms with van der Waals surface area (Å²) in [6, 6.07) is 14.3. The highest BCUT2D eigenvalue weighted by Crippen LogP contribution is 2.34. The molecule has 2 aromatic carbocycles. The van der Waals surface area contributed by atoms with Gasteiger partial charge in [0.25, 0.3) is 5.78 Å². The third-order valence-corrected chi connectivity index (χ3v) is 5.59. The maximum Gasteiger partial charge on any atom is 0.300 e. The first-order chi connectivity index (χ1) is 13.5. The zero-order valence-electron chi connectivity index (χ0n) is 16.6. The predicted molar refractivity (Wildman–Crippen MR) is 109 cm³/mol. The molecule has 0 saturated heterocycles. The van der Waals surface area contributed by atoms with Crippen molar-refractivity contribution in [3.8, 4) is 5.75 Å². The van der Waals surface area contributed by atoms with E-state index in [4.69, 9.17) is 4.74 Å². The molecule has 4 rings (SSSR count). The Morgan fingerprint density at radius 1 is 1.11 bits per heavy atom. The number of nitrogens with zero attached hydrogens (tertiary/aromatic N) is 2. The van der Waals surface area contributed by atoms with Crippen LogP contribution in [-0.4, -0.2) is 36.4 Å². The van der Waals surface area contributed by atoms with E-state index in [2.05, 4.69) is 18.7 Å². The molecular weight excluding hydrogens is 352 g/mol. The molecule has 1 fully saturated rings. The van der Waals surface area contributed by atoms with Gasteiger partial charge in [-0.05, 0) is 54.2 Å². The summed E-state index contributed by atoms with van der Waals surface area (Å²) in [4.78, 5) is 29.2. The van der Waals surface area contributed by atoms with Crippen LogP contribution < -0.4 is 9.64 Å². The van der Waals surface area contributed by atoms with Crippen LogP contribution in [0.5, 0.6) is 5.75 Å². The summed E-state index contributed by atoms with van der Waals surface area (Å²) in [5.74, 6) is 0.339. The number of amides is 1. The molecule has 1 aliphatic heterocycles. The Morgan fingerprint density at radius 3 is 2.43 bits per heavy atom. The van der Waals surface area contributed by atoms with E-state index in [-0.39, 0.29) is 0 Å². The lowest BCUT2D eigenvalue weighted by Crippen LogP contribution is -2.41. The molecule has 5 nitrogen and oxygen atoms in total. The predicted octanol–water partition coefficient (Wildman–Crippen LogP) is 3.97. The van der Waals surface area contributed by atoms with E-state index < -0.39 is 11.7 Å². The van der Waals surface area contributed by atoms with E-state index in [1.54, 1.807) is 12.0 Å². The number of methoxy groups -OCH3 is 1. The van der Waals surface area contributed by atoms with Gasteiger partial charge in [-0.2, -0.15) is 0 Å². The Balaban J connectivity index is 1.56. The summed E-state index contributed by atoms with van der Waals surface area (Å²) >= 11 is 0. The Hall–Kier alpha value is -2.66. The zero-order chi connectivity index (χ0) is 19.8. The van der Waals surface area contributed by atoms with Gasteiger partial charge in [0, 0.05) is 12.6 Å². The number of hydrogen-bond donors (Lipinski definition) is 0. The SMILES string of the molecule is COc1ccc(CN(CN2C(=O)C(=O)c3cc(C(C)C)ccc32)C2CC2)cc1. The topological polar surface area (TPSA) is 49.9 Å². The van der Waals surface area contributed by atoms with Gasteiger partial charge in [0.2, 0.25) is 0 Å². The van der Waals surface area contributed by atoms with E-state index in [1.807, 2.05) is 42.5 Å². The minimum absolute atomic E-state index is 0.320. The number of benzene rings is 2. The van der Waals surface area contributed by atoms with Crippen molar-refractivity contribution in [1.82, 2.24) is 4.90 Å². The molecule has 1 aliphatic carbocycles. The van der Waals surface area contributed by atoms with Crippen LogP contribution in [0.3, 0.4) is 0 Å². The third-order valence-electron chi connectivity index (χ3n) is 5.59. The summed E-state index contributed by atoms with van der Waals surface area (Å²) < 4.78 is 5.23. The number of ether oxygens (including phenoxy) is 1. The van der Waals surface area contributed by atoms with Gasteiger partial charge >= 0.3 is 5.91 Å². The second-order valence-electron chi connectivity index (χ2n) is 7.96. The number of hydrogen-bond acceptors (Lipinski definition) is 4. The highest BCUT2D eigenvalue weighted by Gasteiger charge is 2.39. The normalized spacial score (nSPS) is 16.2. The van der Waals surface area contributed by atoms with Gasteiger partial charge < -0.3 is 4.74 Å². The third kappa shape index (κ3) is 3.54. The van der Waals surface area contributed by atoms with Gasteiger partial charge in [-0.3, -0.25) is 19.4 Å². The van der Waals surface area contributed by atoms with Crippen LogP contribution in [0.25, 0.3) is 0 Å². The molecule has 0 N–H and O–H groups in total. The molecule has 0 bridgehead atoms. The minimum atomic E-state index is -0.420. The molecule has 5 heteroatoms. The molecule has 28 heavy (non-hydrogen) atoms. The number of carbonyl (C=O) groups excluding carboxylic acids is 2. The molecule has 0 aromatic heterocycles. The van der Waals surface area contributed by atoms with Crippen molar-refractivity contribution in [2.24, 2.45) is 0 Å². The number of rotatable bonds is 7. The Kier molecular flexibility index (Phi) is 4.94. The van der Waals surface area contributed by atoms with E-state index in [0.29, 0.717) is 24.2 Å². The molecule has 2 aliphatic rings. The van der Waals surface area contributed by atoms with E-state index >= 15 is 0 Å². The lowest BCUT2D eigenvalue weighted by atomic mass is 9.99. The van der Waals surface area contributed by atoms with Crippen LogP contribution in [0.15, 0.2) is 42.5 Å². The van der Waals surface area contributed by atoms with Crippen LogP contribution in [0.1, 0.15) is 54.1 Å². The first kappa shape index (κ1) is 18.7. The molecule has 2 aromatic rings. The van der Waals surface area contributed by atoms with Crippen LogP contribution in [-0.2, 0) is 11.3 Å². The first-order valence-electron chi connectivity index (χ1n) is 9.85. The molecule has 1 heterocycles. The van der Waals surface area contributed by atoms with E-state index in [1.165, 1.54) is 5.56 Å². The molecular formula is C23H26N2O3. The van der Waals surface area contributed by atoms with Crippen LogP contribution >= 0.6 is 0 Å². The fraction of sp³-hybridized carbons (Fsp3) is 0.391. The summed E-state index contributed by atoms with van der Waals surface area (Å²) in [6.07, 6.45) is 2.26. The van der Waals surface area contributed by atoms with Crippen LogP contribution in [0.2, 0.25) is 0 Å². The number of carbonyl (C=O) groups is 2. The highest BCUT2D eigenvalue weighted by molar-refractivity contribution is 6.52. The maximum atomic E-state index is 12.7. The van der Waals surface area contributed by atoms with Crippen molar-refractivity contribution in [3.05, 3.63) is 59.2 Å². The van der Waals surface area contributed by atoms with Crippen LogP contribution in [0, 0.1) is 0 Å². The van der Waals surface area contributed by atoms with Crippen molar-refractivity contribution < 1.29 is 14.3 Å². The lowest BCUT2D eigenvalue weighted by molar-refractivity contribution is -0.114. The number of ketones is 1. The summed E-state index contributed by atoms with van der Waals surface area (Å²) in [7, 11) is 1.66. The Bertz CT molecular complexity index is 901. The van der Waals surface area contributed by atoms with Crippen molar-refractivity contribution in [3.63, 3.8) is 0 Å². The fourth-order valence-electron chi connectivity index (χ4n) is 3.70. The lowest BCUT2D eigenvalue weighted by Gasteiger charge is -2.28. The molecule has 0 radical (unpaired) electrons. The summed E-state index contributed by atoms with van der Waals surface area (Å²) in [5.41, 5.74) is 3.52. The van der Waals surface area contributed by atoms with Gasteiger partial charge in [-0.25, -0.2) is 0 Å². The zero-order valence-corrected chi connectivity index (χ0v) is 16.6. The van der Waals surface area contributed by atoms with Crippen molar-refractivity contribution in [1.29, 1.82) is 0 Å². The highest BCUT2D eigenvalue weighted by atomic mass is 16.5. The molecule has 0 atom stereocenters. The second kappa shape index (κ2) is 7.40. The molecule has 1 saturated carbocycles. The Morgan fingerprint density at radius 2 is 1.82 bits per heavy atom. The van der Waals surface area contributed by atoms with Crippen molar-refractivity contribution in [2.75, 3.05) is 18.7 Å². The average Bonchev–Trinajstić information content (AvgIpc) is 3.52.